The number of ether oxygens (including phenoxy) is 1. The Labute approximate surface area is 129 Å². The summed E-state index contributed by atoms with van der Waals surface area (Å²) in [5, 5.41) is 0.308. The van der Waals surface area contributed by atoms with Crippen molar-refractivity contribution in [2.45, 2.75) is 31.4 Å². The van der Waals surface area contributed by atoms with Crippen LogP contribution in [-0.2, 0) is 14.3 Å². The van der Waals surface area contributed by atoms with E-state index in [1.807, 2.05) is 28.8 Å². The maximum Gasteiger partial charge on any atom is 0.306 e. The van der Waals surface area contributed by atoms with Crippen LogP contribution in [0.1, 0.15) is 37.2 Å². The number of furan rings is 1. The van der Waals surface area contributed by atoms with Crippen LogP contribution in [0.15, 0.2) is 22.8 Å². The van der Waals surface area contributed by atoms with Crippen LogP contribution in [0.4, 0.5) is 0 Å². The van der Waals surface area contributed by atoms with Crippen LogP contribution < -0.4 is 0 Å². The number of nitrogens with zero attached hydrogens (tertiary/aromatic N) is 1. The van der Waals surface area contributed by atoms with Gasteiger partial charge in [0.25, 0.3) is 0 Å². The Morgan fingerprint density at radius 3 is 3.00 bits per heavy atom. The predicted molar refractivity (Wildman–Crippen MR) is 81.0 cm³/mol. The Kier molecular flexibility index (Phi) is 6.17. The maximum atomic E-state index is 12.1. The van der Waals surface area contributed by atoms with Crippen molar-refractivity contribution in [3.63, 3.8) is 0 Å². The predicted octanol–water partition coefficient (Wildman–Crippen LogP) is 2.63. The fourth-order valence-electron chi connectivity index (χ4n) is 2.32. The molecule has 1 aromatic heterocycles. The molecule has 1 fully saturated rings. The summed E-state index contributed by atoms with van der Waals surface area (Å²) in [5.41, 5.74) is 0. The second kappa shape index (κ2) is 8.12. The minimum absolute atomic E-state index is 0.0312. The van der Waals surface area contributed by atoms with E-state index in [9.17, 15) is 9.59 Å². The van der Waals surface area contributed by atoms with E-state index in [0.29, 0.717) is 18.4 Å². The number of carbonyl (C=O) groups excluding carboxylic acids is 2. The molecule has 2 rings (SSSR count). The van der Waals surface area contributed by atoms with E-state index in [-0.39, 0.29) is 24.7 Å². The Morgan fingerprint density at radius 2 is 2.29 bits per heavy atom. The van der Waals surface area contributed by atoms with Gasteiger partial charge in [-0.25, -0.2) is 0 Å². The zero-order valence-corrected chi connectivity index (χ0v) is 13.1. The lowest BCUT2D eigenvalue weighted by atomic mass is 10.2. The van der Waals surface area contributed by atoms with Crippen LogP contribution in [-0.4, -0.2) is 42.2 Å². The van der Waals surface area contributed by atoms with Crippen LogP contribution in [0.25, 0.3) is 0 Å². The van der Waals surface area contributed by atoms with Crippen LogP contribution >= 0.6 is 11.8 Å². The zero-order chi connectivity index (χ0) is 15.1. The van der Waals surface area contributed by atoms with E-state index in [4.69, 9.17) is 9.15 Å². The molecule has 1 aliphatic rings. The highest BCUT2D eigenvalue weighted by atomic mass is 32.2. The molecule has 1 saturated heterocycles. The van der Waals surface area contributed by atoms with Gasteiger partial charge in [-0.15, -0.1) is 11.8 Å². The molecule has 0 radical (unpaired) electrons. The van der Waals surface area contributed by atoms with Gasteiger partial charge in [-0.05, 0) is 25.5 Å². The Morgan fingerprint density at radius 1 is 1.43 bits per heavy atom. The number of hydrogen-bond donors (Lipinski definition) is 0. The van der Waals surface area contributed by atoms with Crippen LogP contribution in [0.3, 0.4) is 0 Å². The van der Waals surface area contributed by atoms with Gasteiger partial charge >= 0.3 is 5.97 Å². The molecule has 21 heavy (non-hydrogen) atoms. The molecule has 0 saturated carbocycles. The third-order valence-electron chi connectivity index (χ3n) is 3.40. The maximum absolute atomic E-state index is 12.1. The van der Waals surface area contributed by atoms with E-state index in [0.717, 1.165) is 24.5 Å². The molecule has 1 unspecified atom stereocenters. The first kappa shape index (κ1) is 15.9. The van der Waals surface area contributed by atoms with E-state index < -0.39 is 0 Å². The monoisotopic (exact) mass is 311 g/mol. The summed E-state index contributed by atoms with van der Waals surface area (Å²) in [4.78, 5) is 25.3. The first-order chi connectivity index (χ1) is 10.2. The number of esters is 1. The van der Waals surface area contributed by atoms with Crippen LogP contribution in [0, 0.1) is 0 Å². The number of thioether (sulfide) groups is 1. The molecule has 1 atom stereocenters. The highest BCUT2D eigenvalue weighted by Gasteiger charge is 2.23. The fourth-order valence-corrected chi connectivity index (χ4v) is 3.50. The van der Waals surface area contributed by atoms with Gasteiger partial charge in [-0.2, -0.15) is 0 Å². The lowest BCUT2D eigenvalue weighted by Gasteiger charge is -2.19. The summed E-state index contributed by atoms with van der Waals surface area (Å²) in [5.74, 6) is 1.59. The van der Waals surface area contributed by atoms with Crippen molar-refractivity contribution >= 4 is 23.6 Å². The molecule has 0 spiro atoms. The molecule has 116 valence electrons. The topological polar surface area (TPSA) is 59.8 Å². The first-order valence-electron chi connectivity index (χ1n) is 7.29. The van der Waals surface area contributed by atoms with Gasteiger partial charge in [0.05, 0.1) is 24.5 Å². The smallest absolute Gasteiger partial charge is 0.306 e. The highest BCUT2D eigenvalue weighted by molar-refractivity contribution is 7.99. The van der Waals surface area contributed by atoms with Crippen molar-refractivity contribution in [3.05, 3.63) is 24.2 Å². The molecule has 0 bridgehead atoms. The number of amides is 1. The van der Waals surface area contributed by atoms with Crippen molar-refractivity contribution in [1.82, 2.24) is 4.90 Å². The lowest BCUT2D eigenvalue weighted by Crippen LogP contribution is -2.33. The van der Waals surface area contributed by atoms with Gasteiger partial charge in [0.15, 0.2) is 0 Å². The number of carbonyl (C=O) groups is 2. The molecular weight excluding hydrogens is 290 g/mol. The SMILES string of the molecule is CCOC(=O)CCC(=O)N1CCSC(c2ccco2)CC1. The largest absolute Gasteiger partial charge is 0.468 e. The molecular formula is C15H21NO4S. The molecule has 2 heterocycles. The zero-order valence-electron chi connectivity index (χ0n) is 12.2. The Bertz CT molecular complexity index is 460. The summed E-state index contributed by atoms with van der Waals surface area (Å²) < 4.78 is 10.3. The second-order valence-electron chi connectivity index (χ2n) is 4.85. The summed E-state index contributed by atoms with van der Waals surface area (Å²) in [7, 11) is 0. The second-order valence-corrected chi connectivity index (χ2v) is 6.16. The lowest BCUT2D eigenvalue weighted by molar-refractivity contribution is -0.145. The average Bonchev–Trinajstić information content (AvgIpc) is 2.90. The summed E-state index contributed by atoms with van der Waals surface area (Å²) >= 11 is 1.82. The van der Waals surface area contributed by atoms with Gasteiger partial charge in [0, 0.05) is 25.3 Å². The minimum Gasteiger partial charge on any atom is -0.468 e. The Balaban J connectivity index is 1.79. The molecule has 1 aliphatic heterocycles. The van der Waals surface area contributed by atoms with Gasteiger partial charge in [0.2, 0.25) is 5.91 Å². The first-order valence-corrected chi connectivity index (χ1v) is 8.34. The standard InChI is InChI=1S/C15H21NO4S/c1-2-19-15(18)6-5-14(17)16-8-7-13(21-11-9-16)12-4-3-10-20-12/h3-4,10,13H,2,5-9,11H2,1H3. The van der Waals surface area contributed by atoms with Crippen molar-refractivity contribution in [1.29, 1.82) is 0 Å². The minimum atomic E-state index is -0.302. The third kappa shape index (κ3) is 4.81. The van der Waals surface area contributed by atoms with Crippen LogP contribution in [0.5, 0.6) is 0 Å². The molecule has 0 aliphatic carbocycles. The summed E-state index contributed by atoms with van der Waals surface area (Å²) in [6.07, 6.45) is 2.96. The van der Waals surface area contributed by atoms with Gasteiger partial charge in [-0.1, -0.05) is 0 Å². The number of hydrogen-bond acceptors (Lipinski definition) is 5. The number of rotatable bonds is 5. The molecule has 5 nitrogen and oxygen atoms in total. The quantitative estimate of drug-likeness (QED) is 0.782. The summed E-state index contributed by atoms with van der Waals surface area (Å²) in [6, 6.07) is 3.87. The molecule has 1 amide bonds. The van der Waals surface area contributed by atoms with E-state index in [1.165, 1.54) is 0 Å². The van der Waals surface area contributed by atoms with E-state index in [2.05, 4.69) is 0 Å². The van der Waals surface area contributed by atoms with E-state index in [1.54, 1.807) is 13.2 Å². The highest BCUT2D eigenvalue weighted by Crippen LogP contribution is 2.34. The van der Waals surface area contributed by atoms with Crippen LogP contribution in [0.2, 0.25) is 0 Å². The van der Waals surface area contributed by atoms with Gasteiger partial charge in [-0.3, -0.25) is 9.59 Å². The van der Waals surface area contributed by atoms with Gasteiger partial charge in [0.1, 0.15) is 5.76 Å². The van der Waals surface area contributed by atoms with Crippen molar-refractivity contribution in [2.75, 3.05) is 25.4 Å². The van der Waals surface area contributed by atoms with E-state index >= 15 is 0 Å². The average molecular weight is 311 g/mol. The normalized spacial score (nSPS) is 19.1. The molecule has 0 N–H and O–H groups in total. The summed E-state index contributed by atoms with van der Waals surface area (Å²) in [6.45, 7) is 3.56. The van der Waals surface area contributed by atoms with Crippen molar-refractivity contribution in [3.8, 4) is 0 Å². The van der Waals surface area contributed by atoms with Crippen molar-refractivity contribution in [2.24, 2.45) is 0 Å². The third-order valence-corrected chi connectivity index (χ3v) is 4.69. The molecule has 6 heteroatoms. The fraction of sp³-hybridized carbons (Fsp3) is 0.600. The van der Waals surface area contributed by atoms with Gasteiger partial charge < -0.3 is 14.1 Å². The molecule has 0 aromatic carbocycles. The van der Waals surface area contributed by atoms with Crippen molar-refractivity contribution < 1.29 is 18.7 Å². The molecule has 1 aromatic rings. The Hall–Kier alpha value is -1.43.